The van der Waals surface area contributed by atoms with E-state index >= 15 is 0 Å². The van der Waals surface area contributed by atoms with Gasteiger partial charge in [0.1, 0.15) is 43.2 Å². The van der Waals surface area contributed by atoms with E-state index in [1.165, 1.54) is 89.9 Å². The van der Waals surface area contributed by atoms with Crippen LogP contribution in [0.15, 0.2) is 48.6 Å². The molecule has 6 N–H and O–H groups in total. The Hall–Kier alpha value is -2.19. The van der Waals surface area contributed by atoms with E-state index < -0.39 is 75.7 Å². The van der Waals surface area contributed by atoms with Gasteiger partial charge in [0.15, 0.2) is 6.10 Å². The Bertz CT molecular complexity index is 1320. The van der Waals surface area contributed by atoms with Crippen molar-refractivity contribution in [3.05, 3.63) is 48.6 Å². The van der Waals surface area contributed by atoms with Crippen LogP contribution in [0.2, 0.25) is 0 Å². The van der Waals surface area contributed by atoms with Crippen molar-refractivity contribution in [2.75, 3.05) is 13.2 Å². The normalized spacial score (nSPS) is 21.8. The Morgan fingerprint density at radius 2 is 0.877 bits per heavy atom. The number of carbonyl (C=O) groups excluding carboxylic acids is 2. The van der Waals surface area contributed by atoms with Gasteiger partial charge < -0.3 is 39.9 Å². The molecule has 1 aliphatic carbocycles. The molecule has 0 aromatic heterocycles. The van der Waals surface area contributed by atoms with Gasteiger partial charge in [0, 0.05) is 12.8 Å². The van der Waals surface area contributed by atoms with E-state index in [9.17, 15) is 44.6 Å². The SMILES string of the molecule is CC/C=C\C/C=C\C/C=C\C/C=C\CCCCCCCCCCCCC(=O)OC(COC(=O)CCCCCCCCCCCCCCC)COP(=O)(O)OC1C(O)C(O)C(O)C(O)C1O. The Balaban J connectivity index is 2.38. The monoisotopic (exact) mass is 943 g/mol. The van der Waals surface area contributed by atoms with E-state index in [4.69, 9.17) is 18.5 Å². The molecule has 0 aromatic rings. The van der Waals surface area contributed by atoms with Crippen LogP contribution in [0.4, 0.5) is 0 Å². The lowest BCUT2D eigenvalue weighted by molar-refractivity contribution is -0.220. The van der Waals surface area contributed by atoms with Crippen molar-refractivity contribution in [3.63, 3.8) is 0 Å². The zero-order valence-corrected chi connectivity index (χ0v) is 41.2. The molecule has 0 amide bonds. The molecular weight excluding hydrogens is 852 g/mol. The van der Waals surface area contributed by atoms with Gasteiger partial charge in [-0.15, -0.1) is 0 Å². The van der Waals surface area contributed by atoms with Crippen molar-refractivity contribution in [3.8, 4) is 0 Å². The Morgan fingerprint density at radius 1 is 0.492 bits per heavy atom. The van der Waals surface area contributed by atoms with E-state index in [-0.39, 0.29) is 12.8 Å². The maximum Gasteiger partial charge on any atom is 0.472 e. The molecule has 1 fully saturated rings. The fourth-order valence-corrected chi connectivity index (χ4v) is 8.61. The van der Waals surface area contributed by atoms with Crippen LogP contribution in [0, 0.1) is 0 Å². The van der Waals surface area contributed by atoms with Crippen LogP contribution in [-0.2, 0) is 32.7 Å². The van der Waals surface area contributed by atoms with E-state index in [0.29, 0.717) is 12.8 Å². The lowest BCUT2D eigenvalue weighted by Crippen LogP contribution is -2.64. The van der Waals surface area contributed by atoms with Gasteiger partial charge in [0.2, 0.25) is 0 Å². The summed E-state index contributed by atoms with van der Waals surface area (Å²) >= 11 is 0. The molecule has 0 radical (unpaired) electrons. The molecule has 6 atom stereocenters. The molecule has 0 spiro atoms. The fourth-order valence-electron chi connectivity index (χ4n) is 7.63. The quantitative estimate of drug-likeness (QED) is 0.0146. The first-order valence-corrected chi connectivity index (χ1v) is 26.9. The van der Waals surface area contributed by atoms with E-state index in [0.717, 1.165) is 77.0 Å². The third-order valence-electron chi connectivity index (χ3n) is 11.7. The van der Waals surface area contributed by atoms with Crippen LogP contribution in [0.3, 0.4) is 0 Å². The maximum atomic E-state index is 12.8. The number of aliphatic hydroxyl groups is 5. The van der Waals surface area contributed by atoms with Crippen molar-refractivity contribution >= 4 is 19.8 Å². The first kappa shape index (κ1) is 60.8. The number of phosphoric acid groups is 1. The Morgan fingerprint density at radius 3 is 1.34 bits per heavy atom. The second-order valence-corrected chi connectivity index (χ2v) is 19.1. The average Bonchev–Trinajstić information content (AvgIpc) is 3.29. The number of aliphatic hydroxyl groups excluding tert-OH is 5. The fraction of sp³-hybridized carbons (Fsp3) is 0.804. The van der Waals surface area contributed by atoms with E-state index in [1.807, 2.05) is 0 Å². The zero-order valence-electron chi connectivity index (χ0n) is 40.3. The molecular formula is C51H91O13P. The summed E-state index contributed by atoms with van der Waals surface area (Å²) in [5, 5.41) is 50.2. The van der Waals surface area contributed by atoms with Gasteiger partial charge in [-0.1, -0.05) is 191 Å². The highest BCUT2D eigenvalue weighted by molar-refractivity contribution is 7.47. The summed E-state index contributed by atoms with van der Waals surface area (Å²) in [5.74, 6) is -1.10. The van der Waals surface area contributed by atoms with Gasteiger partial charge in [0.05, 0.1) is 6.61 Å². The number of unbranched alkanes of at least 4 members (excludes halogenated alkanes) is 22. The van der Waals surface area contributed by atoms with Gasteiger partial charge in [-0.3, -0.25) is 18.6 Å². The third kappa shape index (κ3) is 33.0. The molecule has 0 bridgehead atoms. The molecule has 14 heteroatoms. The van der Waals surface area contributed by atoms with Crippen LogP contribution < -0.4 is 0 Å². The summed E-state index contributed by atoms with van der Waals surface area (Å²) in [4.78, 5) is 35.8. The number of ether oxygens (including phenoxy) is 2. The smallest absolute Gasteiger partial charge is 0.462 e. The van der Waals surface area contributed by atoms with Crippen molar-refractivity contribution in [2.24, 2.45) is 0 Å². The maximum absolute atomic E-state index is 12.8. The lowest BCUT2D eigenvalue weighted by atomic mass is 9.85. The first-order chi connectivity index (χ1) is 31.4. The minimum atomic E-state index is -5.12. The highest BCUT2D eigenvalue weighted by Crippen LogP contribution is 2.47. The highest BCUT2D eigenvalue weighted by Gasteiger charge is 2.51. The van der Waals surface area contributed by atoms with Gasteiger partial charge in [-0.05, 0) is 51.4 Å². The van der Waals surface area contributed by atoms with Crippen molar-refractivity contribution in [1.82, 2.24) is 0 Å². The largest absolute Gasteiger partial charge is 0.472 e. The molecule has 0 saturated heterocycles. The van der Waals surface area contributed by atoms with Crippen LogP contribution in [0.5, 0.6) is 0 Å². The molecule has 1 saturated carbocycles. The third-order valence-corrected chi connectivity index (χ3v) is 12.7. The lowest BCUT2D eigenvalue weighted by Gasteiger charge is -2.41. The second kappa shape index (κ2) is 40.8. The summed E-state index contributed by atoms with van der Waals surface area (Å²) in [6.45, 7) is 3.20. The van der Waals surface area contributed by atoms with Crippen LogP contribution >= 0.6 is 7.82 Å². The van der Waals surface area contributed by atoms with E-state index in [1.54, 1.807) is 0 Å². The summed E-state index contributed by atoms with van der Waals surface area (Å²) in [6.07, 6.45) is 35.9. The van der Waals surface area contributed by atoms with Crippen molar-refractivity contribution in [1.29, 1.82) is 0 Å². The van der Waals surface area contributed by atoms with Gasteiger partial charge >= 0.3 is 19.8 Å². The number of allylic oxidation sites excluding steroid dienone is 8. The molecule has 378 valence electrons. The molecule has 13 nitrogen and oxygen atoms in total. The molecule has 0 heterocycles. The standard InChI is InChI=1S/C51H91O13P/c1-3-5-7-9-11-13-15-17-18-19-20-21-22-23-24-25-26-28-30-32-34-36-38-40-45(53)63-43(42-62-65(59,60)64-51-49(57)47(55)46(54)48(56)50(51)58)41-61-44(52)39-37-35-33-31-29-27-16-14-12-10-8-6-4-2/h5,7,11,13,17-18,20-21,43,46-51,54-58H,3-4,6,8-10,12,14-16,19,22-42H2,1-2H3,(H,59,60)/b7-5-,13-11-,18-17-,21-20-. The number of rotatable bonds is 42. The number of hydrogen-bond acceptors (Lipinski definition) is 12. The van der Waals surface area contributed by atoms with Crippen LogP contribution in [0.25, 0.3) is 0 Å². The van der Waals surface area contributed by atoms with Crippen molar-refractivity contribution in [2.45, 2.75) is 249 Å². The summed E-state index contributed by atoms with van der Waals surface area (Å²) < 4.78 is 33.6. The predicted octanol–water partition coefficient (Wildman–Crippen LogP) is 10.7. The summed E-state index contributed by atoms with van der Waals surface area (Å²) in [7, 11) is -5.12. The van der Waals surface area contributed by atoms with E-state index in [2.05, 4.69) is 62.5 Å². The summed E-state index contributed by atoms with van der Waals surface area (Å²) in [6, 6.07) is 0. The van der Waals surface area contributed by atoms with Gasteiger partial charge in [0.25, 0.3) is 0 Å². The zero-order chi connectivity index (χ0) is 47.8. The topological polar surface area (TPSA) is 210 Å². The molecule has 1 rings (SSSR count). The van der Waals surface area contributed by atoms with Crippen LogP contribution in [0.1, 0.15) is 206 Å². The molecule has 65 heavy (non-hydrogen) atoms. The highest BCUT2D eigenvalue weighted by atomic mass is 31.2. The Labute approximate surface area is 392 Å². The molecule has 1 aliphatic rings. The second-order valence-electron chi connectivity index (χ2n) is 17.7. The summed E-state index contributed by atoms with van der Waals surface area (Å²) in [5.41, 5.74) is 0. The average molecular weight is 943 g/mol. The van der Waals surface area contributed by atoms with Crippen molar-refractivity contribution < 1.29 is 63.1 Å². The number of hydrogen-bond donors (Lipinski definition) is 6. The first-order valence-electron chi connectivity index (χ1n) is 25.4. The minimum absolute atomic E-state index is 0.0918. The Kier molecular flexibility index (Phi) is 38.2. The predicted molar refractivity (Wildman–Crippen MR) is 258 cm³/mol. The number of phosphoric ester groups is 1. The van der Waals surface area contributed by atoms with Gasteiger partial charge in [-0.25, -0.2) is 4.57 Å². The minimum Gasteiger partial charge on any atom is -0.462 e. The molecule has 0 aliphatic heterocycles. The molecule has 0 aromatic carbocycles. The number of carbonyl (C=O) groups is 2. The van der Waals surface area contributed by atoms with Crippen LogP contribution in [-0.4, -0.2) is 98.3 Å². The van der Waals surface area contributed by atoms with Gasteiger partial charge in [-0.2, -0.15) is 0 Å². The number of esters is 2. The molecule has 6 unspecified atom stereocenters.